The van der Waals surface area contributed by atoms with Gasteiger partial charge in [-0.2, -0.15) is 0 Å². The summed E-state index contributed by atoms with van der Waals surface area (Å²) in [6.07, 6.45) is 0. The summed E-state index contributed by atoms with van der Waals surface area (Å²) in [4.78, 5) is 2.38. The van der Waals surface area contributed by atoms with Crippen molar-refractivity contribution in [2.24, 2.45) is 0 Å². The fourth-order valence-corrected chi connectivity index (χ4v) is 3.17. The standard InChI is InChI=1S/C15H17F2NS/c1-4-18-15(14-7-9(2)10(3)19-14)11-5-6-12(16)13(17)8-11/h5-8,15,18H,4H2,1-3H3. The highest BCUT2D eigenvalue weighted by Gasteiger charge is 2.17. The average Bonchev–Trinajstić information content (AvgIpc) is 2.70. The molecule has 2 rings (SSSR count). The Balaban J connectivity index is 2.41. The lowest BCUT2D eigenvalue weighted by Crippen LogP contribution is -2.21. The summed E-state index contributed by atoms with van der Waals surface area (Å²) in [7, 11) is 0. The van der Waals surface area contributed by atoms with Crippen molar-refractivity contribution < 1.29 is 8.78 Å². The lowest BCUT2D eigenvalue weighted by molar-refractivity contribution is 0.504. The molecule has 1 aromatic heterocycles. The van der Waals surface area contributed by atoms with Crippen LogP contribution in [-0.4, -0.2) is 6.54 Å². The van der Waals surface area contributed by atoms with Gasteiger partial charge in [0.25, 0.3) is 0 Å². The first kappa shape index (κ1) is 14.2. The van der Waals surface area contributed by atoms with Gasteiger partial charge in [-0.1, -0.05) is 13.0 Å². The second-order valence-electron chi connectivity index (χ2n) is 4.55. The Labute approximate surface area is 116 Å². The quantitative estimate of drug-likeness (QED) is 0.879. The Hall–Kier alpha value is -1.26. The van der Waals surface area contributed by atoms with Crippen LogP contribution < -0.4 is 5.32 Å². The Morgan fingerprint density at radius 2 is 1.89 bits per heavy atom. The van der Waals surface area contributed by atoms with Crippen molar-refractivity contribution >= 4 is 11.3 Å². The molecule has 0 amide bonds. The zero-order chi connectivity index (χ0) is 14.0. The van der Waals surface area contributed by atoms with E-state index in [0.29, 0.717) is 0 Å². The van der Waals surface area contributed by atoms with E-state index in [1.807, 2.05) is 6.92 Å². The van der Waals surface area contributed by atoms with E-state index in [0.717, 1.165) is 17.0 Å². The molecule has 0 aliphatic carbocycles. The molecular weight excluding hydrogens is 264 g/mol. The Morgan fingerprint density at radius 1 is 1.16 bits per heavy atom. The van der Waals surface area contributed by atoms with Gasteiger partial charge in [-0.05, 0) is 49.7 Å². The fraction of sp³-hybridized carbons (Fsp3) is 0.333. The first-order valence-corrected chi connectivity index (χ1v) is 7.09. The Kier molecular flexibility index (Phi) is 4.32. The molecule has 1 atom stereocenters. The van der Waals surface area contributed by atoms with Crippen molar-refractivity contribution in [2.75, 3.05) is 6.54 Å². The zero-order valence-electron chi connectivity index (χ0n) is 11.3. The summed E-state index contributed by atoms with van der Waals surface area (Å²) in [6, 6.07) is 6.11. The average molecular weight is 281 g/mol. The van der Waals surface area contributed by atoms with E-state index in [4.69, 9.17) is 0 Å². The van der Waals surface area contributed by atoms with Crippen LogP contribution in [0.1, 0.15) is 33.8 Å². The van der Waals surface area contributed by atoms with E-state index in [1.54, 1.807) is 17.4 Å². The zero-order valence-corrected chi connectivity index (χ0v) is 12.1. The van der Waals surface area contributed by atoms with Gasteiger partial charge in [0, 0.05) is 9.75 Å². The third kappa shape index (κ3) is 3.01. The maximum absolute atomic E-state index is 13.4. The van der Waals surface area contributed by atoms with E-state index < -0.39 is 11.6 Å². The summed E-state index contributed by atoms with van der Waals surface area (Å²) >= 11 is 1.69. The van der Waals surface area contributed by atoms with Crippen LogP contribution >= 0.6 is 11.3 Å². The van der Waals surface area contributed by atoms with E-state index in [-0.39, 0.29) is 6.04 Å². The van der Waals surface area contributed by atoms with Gasteiger partial charge in [0.05, 0.1) is 6.04 Å². The van der Waals surface area contributed by atoms with E-state index in [9.17, 15) is 8.78 Å². The molecule has 0 fully saturated rings. The van der Waals surface area contributed by atoms with Crippen LogP contribution in [0.4, 0.5) is 8.78 Å². The maximum atomic E-state index is 13.4. The normalized spacial score (nSPS) is 12.7. The molecule has 0 saturated carbocycles. The van der Waals surface area contributed by atoms with E-state index in [2.05, 4.69) is 25.2 Å². The predicted molar refractivity (Wildman–Crippen MR) is 75.7 cm³/mol. The van der Waals surface area contributed by atoms with Gasteiger partial charge in [0.1, 0.15) is 0 Å². The molecule has 0 spiro atoms. The summed E-state index contributed by atoms with van der Waals surface area (Å²) in [5.41, 5.74) is 1.98. The van der Waals surface area contributed by atoms with Gasteiger partial charge in [0.2, 0.25) is 0 Å². The molecule has 1 nitrogen and oxygen atoms in total. The lowest BCUT2D eigenvalue weighted by atomic mass is 10.0. The van der Waals surface area contributed by atoms with Crippen LogP contribution in [0.3, 0.4) is 0 Å². The maximum Gasteiger partial charge on any atom is 0.159 e. The third-order valence-corrected chi connectivity index (χ3v) is 4.37. The van der Waals surface area contributed by atoms with Crippen LogP contribution in [0.25, 0.3) is 0 Å². The number of hydrogen-bond donors (Lipinski definition) is 1. The van der Waals surface area contributed by atoms with Crippen molar-refractivity contribution in [1.29, 1.82) is 0 Å². The first-order chi connectivity index (χ1) is 9.02. The monoisotopic (exact) mass is 281 g/mol. The number of benzene rings is 1. The molecule has 0 bridgehead atoms. The third-order valence-electron chi connectivity index (χ3n) is 3.15. The number of halogens is 2. The van der Waals surface area contributed by atoms with Crippen molar-refractivity contribution in [3.63, 3.8) is 0 Å². The molecule has 1 aromatic carbocycles. The molecule has 19 heavy (non-hydrogen) atoms. The Bertz CT molecular complexity index is 558. The number of thiophene rings is 1. The number of aryl methyl sites for hydroxylation is 2. The van der Waals surface area contributed by atoms with Gasteiger partial charge < -0.3 is 5.32 Å². The van der Waals surface area contributed by atoms with Crippen LogP contribution in [0.5, 0.6) is 0 Å². The first-order valence-electron chi connectivity index (χ1n) is 6.28. The lowest BCUT2D eigenvalue weighted by Gasteiger charge is -2.17. The molecule has 0 aliphatic heterocycles. The second kappa shape index (κ2) is 5.80. The fourth-order valence-electron chi connectivity index (χ4n) is 2.02. The number of rotatable bonds is 4. The Morgan fingerprint density at radius 3 is 2.42 bits per heavy atom. The second-order valence-corrected chi connectivity index (χ2v) is 5.84. The van der Waals surface area contributed by atoms with Crippen LogP contribution in [-0.2, 0) is 0 Å². The van der Waals surface area contributed by atoms with Gasteiger partial charge in [0.15, 0.2) is 11.6 Å². The summed E-state index contributed by atoms with van der Waals surface area (Å²) in [6.45, 7) is 6.89. The molecule has 0 saturated heterocycles. The highest BCUT2D eigenvalue weighted by atomic mass is 32.1. The van der Waals surface area contributed by atoms with Crippen molar-refractivity contribution in [3.8, 4) is 0 Å². The minimum Gasteiger partial charge on any atom is -0.306 e. The molecule has 0 aliphatic rings. The number of hydrogen-bond acceptors (Lipinski definition) is 2. The topological polar surface area (TPSA) is 12.0 Å². The van der Waals surface area contributed by atoms with Gasteiger partial charge in [-0.3, -0.25) is 0 Å². The highest BCUT2D eigenvalue weighted by molar-refractivity contribution is 7.12. The van der Waals surface area contributed by atoms with Crippen molar-refractivity contribution in [3.05, 3.63) is 56.8 Å². The number of nitrogens with one attached hydrogen (secondary N) is 1. The molecule has 102 valence electrons. The van der Waals surface area contributed by atoms with Crippen molar-refractivity contribution in [2.45, 2.75) is 26.8 Å². The molecule has 1 N–H and O–H groups in total. The van der Waals surface area contributed by atoms with Crippen LogP contribution in [0.2, 0.25) is 0 Å². The SMILES string of the molecule is CCNC(c1ccc(F)c(F)c1)c1cc(C)c(C)s1. The summed E-state index contributed by atoms with van der Waals surface area (Å²) in [5.74, 6) is -1.61. The molecular formula is C15H17F2NS. The largest absolute Gasteiger partial charge is 0.306 e. The van der Waals surface area contributed by atoms with Gasteiger partial charge in [-0.15, -0.1) is 11.3 Å². The summed E-state index contributed by atoms with van der Waals surface area (Å²) in [5, 5.41) is 3.32. The summed E-state index contributed by atoms with van der Waals surface area (Å²) < 4.78 is 26.4. The minimum absolute atomic E-state index is 0.0856. The van der Waals surface area contributed by atoms with E-state index >= 15 is 0 Å². The molecule has 1 heterocycles. The molecule has 1 unspecified atom stereocenters. The highest BCUT2D eigenvalue weighted by Crippen LogP contribution is 2.31. The van der Waals surface area contributed by atoms with Gasteiger partial charge >= 0.3 is 0 Å². The molecule has 0 radical (unpaired) electrons. The van der Waals surface area contributed by atoms with Gasteiger partial charge in [-0.25, -0.2) is 8.78 Å². The molecule has 2 aromatic rings. The van der Waals surface area contributed by atoms with Crippen molar-refractivity contribution in [1.82, 2.24) is 5.32 Å². The molecule has 4 heteroatoms. The van der Waals surface area contributed by atoms with Crippen LogP contribution in [0.15, 0.2) is 24.3 Å². The minimum atomic E-state index is -0.808. The predicted octanol–water partition coefficient (Wildman–Crippen LogP) is 4.34. The smallest absolute Gasteiger partial charge is 0.159 e. The van der Waals surface area contributed by atoms with Crippen LogP contribution in [0, 0.1) is 25.5 Å². The van der Waals surface area contributed by atoms with E-state index in [1.165, 1.54) is 22.6 Å².